The number of carboxylic acids is 1. The third-order valence-electron chi connectivity index (χ3n) is 2.69. The van der Waals surface area contributed by atoms with Crippen LogP contribution in [-0.2, 0) is 6.54 Å². The summed E-state index contributed by atoms with van der Waals surface area (Å²) in [6.45, 7) is 2.76. The summed E-state index contributed by atoms with van der Waals surface area (Å²) >= 11 is 0. The summed E-state index contributed by atoms with van der Waals surface area (Å²) < 4.78 is 0. The van der Waals surface area contributed by atoms with Gasteiger partial charge < -0.3 is 5.11 Å². The van der Waals surface area contributed by atoms with Crippen molar-refractivity contribution < 1.29 is 9.90 Å². The first-order valence-corrected chi connectivity index (χ1v) is 5.17. The Balaban J connectivity index is 2.15. The van der Waals surface area contributed by atoms with Crippen LogP contribution in [0.25, 0.3) is 0 Å². The van der Waals surface area contributed by atoms with Crippen molar-refractivity contribution in [3.63, 3.8) is 0 Å². The Bertz CT molecular complexity index is 359. The molecule has 1 saturated heterocycles. The van der Waals surface area contributed by atoms with Gasteiger partial charge in [0.15, 0.2) is 0 Å². The van der Waals surface area contributed by atoms with E-state index in [0.29, 0.717) is 17.8 Å². The molecule has 0 atom stereocenters. The third kappa shape index (κ3) is 2.33. The molecule has 2 heterocycles. The van der Waals surface area contributed by atoms with Crippen molar-refractivity contribution in [1.82, 2.24) is 9.88 Å². The smallest absolute Gasteiger partial charge is 0.337 e. The molecule has 0 spiro atoms. The maximum absolute atomic E-state index is 10.9. The minimum absolute atomic E-state index is 0.324. The highest BCUT2D eigenvalue weighted by atomic mass is 16.4. The monoisotopic (exact) mass is 206 g/mol. The van der Waals surface area contributed by atoms with Gasteiger partial charge in [-0.3, -0.25) is 9.88 Å². The van der Waals surface area contributed by atoms with E-state index in [0.717, 1.165) is 13.1 Å². The minimum atomic E-state index is -0.891. The second-order valence-corrected chi connectivity index (χ2v) is 3.79. The number of hydrogen-bond donors (Lipinski definition) is 1. The third-order valence-corrected chi connectivity index (χ3v) is 2.69. The van der Waals surface area contributed by atoms with Crippen LogP contribution in [0, 0.1) is 0 Å². The molecule has 0 saturated carbocycles. The van der Waals surface area contributed by atoms with Crippen molar-refractivity contribution in [2.24, 2.45) is 0 Å². The second-order valence-electron chi connectivity index (χ2n) is 3.79. The van der Waals surface area contributed by atoms with Crippen LogP contribution in [0.3, 0.4) is 0 Å². The molecule has 4 nitrogen and oxygen atoms in total. The SMILES string of the molecule is O=C(O)c1cccnc1CN1CCCC1. The molecule has 0 amide bonds. The maximum Gasteiger partial charge on any atom is 0.337 e. The predicted molar refractivity (Wildman–Crippen MR) is 55.7 cm³/mol. The summed E-state index contributed by atoms with van der Waals surface area (Å²) in [4.78, 5) is 17.3. The van der Waals surface area contributed by atoms with Crippen molar-refractivity contribution in [1.29, 1.82) is 0 Å². The summed E-state index contributed by atoms with van der Waals surface area (Å²) in [5.74, 6) is -0.891. The standard InChI is InChI=1S/C11H14N2O2/c14-11(15)9-4-3-5-12-10(9)8-13-6-1-2-7-13/h3-5H,1-2,6-8H2,(H,14,15). The van der Waals surface area contributed by atoms with Crippen LogP contribution >= 0.6 is 0 Å². The molecule has 1 fully saturated rings. The lowest BCUT2D eigenvalue weighted by molar-refractivity contribution is 0.0694. The molecular formula is C11H14N2O2. The normalized spacial score (nSPS) is 16.8. The van der Waals surface area contributed by atoms with Crippen molar-refractivity contribution >= 4 is 5.97 Å². The first kappa shape index (κ1) is 10.1. The van der Waals surface area contributed by atoms with Crippen LogP contribution in [0.5, 0.6) is 0 Å². The van der Waals surface area contributed by atoms with Crippen LogP contribution in [0.15, 0.2) is 18.3 Å². The average molecular weight is 206 g/mol. The lowest BCUT2D eigenvalue weighted by atomic mass is 10.2. The first-order valence-electron chi connectivity index (χ1n) is 5.17. The molecule has 4 heteroatoms. The van der Waals surface area contributed by atoms with Gasteiger partial charge in [-0.05, 0) is 38.1 Å². The maximum atomic E-state index is 10.9. The topological polar surface area (TPSA) is 53.4 Å². The van der Waals surface area contributed by atoms with Crippen LogP contribution < -0.4 is 0 Å². The van der Waals surface area contributed by atoms with Crippen molar-refractivity contribution in [3.8, 4) is 0 Å². The quantitative estimate of drug-likeness (QED) is 0.811. The summed E-state index contributed by atoms with van der Waals surface area (Å²) in [5.41, 5.74) is 0.997. The van der Waals surface area contributed by atoms with Gasteiger partial charge in [-0.25, -0.2) is 4.79 Å². The Labute approximate surface area is 88.6 Å². The van der Waals surface area contributed by atoms with E-state index in [1.54, 1.807) is 18.3 Å². The summed E-state index contributed by atoms with van der Waals surface area (Å²) in [6.07, 6.45) is 4.06. The number of nitrogens with zero attached hydrogens (tertiary/aromatic N) is 2. The Morgan fingerprint density at radius 1 is 1.47 bits per heavy atom. The van der Waals surface area contributed by atoms with E-state index in [-0.39, 0.29) is 0 Å². The fourth-order valence-corrected chi connectivity index (χ4v) is 1.91. The van der Waals surface area contributed by atoms with Gasteiger partial charge in [-0.1, -0.05) is 0 Å². The molecule has 0 aromatic carbocycles. The van der Waals surface area contributed by atoms with Gasteiger partial charge in [0.05, 0.1) is 11.3 Å². The summed E-state index contributed by atoms with van der Waals surface area (Å²) in [6, 6.07) is 3.28. The highest BCUT2D eigenvalue weighted by Crippen LogP contribution is 2.13. The van der Waals surface area contributed by atoms with E-state index in [4.69, 9.17) is 5.11 Å². The Morgan fingerprint density at radius 3 is 2.87 bits per heavy atom. The second kappa shape index (κ2) is 4.40. The minimum Gasteiger partial charge on any atom is -0.478 e. The lowest BCUT2D eigenvalue weighted by Crippen LogP contribution is -2.21. The highest BCUT2D eigenvalue weighted by Gasteiger charge is 2.16. The number of aromatic carboxylic acids is 1. The number of aromatic nitrogens is 1. The van der Waals surface area contributed by atoms with Crippen LogP contribution in [0.4, 0.5) is 0 Å². The largest absolute Gasteiger partial charge is 0.478 e. The molecule has 80 valence electrons. The van der Waals surface area contributed by atoms with E-state index in [1.807, 2.05) is 0 Å². The molecule has 0 bridgehead atoms. The molecule has 1 aromatic heterocycles. The number of hydrogen-bond acceptors (Lipinski definition) is 3. The summed E-state index contributed by atoms with van der Waals surface area (Å²) in [5, 5.41) is 8.98. The number of pyridine rings is 1. The van der Waals surface area contributed by atoms with E-state index in [2.05, 4.69) is 9.88 Å². The van der Waals surface area contributed by atoms with E-state index in [1.165, 1.54) is 12.8 Å². The zero-order valence-electron chi connectivity index (χ0n) is 8.52. The first-order chi connectivity index (χ1) is 7.27. The molecule has 1 aliphatic rings. The molecule has 0 radical (unpaired) electrons. The van der Waals surface area contributed by atoms with Crippen molar-refractivity contribution in [3.05, 3.63) is 29.6 Å². The zero-order valence-corrected chi connectivity index (χ0v) is 8.52. The zero-order chi connectivity index (χ0) is 10.7. The van der Waals surface area contributed by atoms with E-state index >= 15 is 0 Å². The van der Waals surface area contributed by atoms with Gasteiger partial charge in [0, 0.05) is 12.7 Å². The molecule has 1 aromatic rings. The van der Waals surface area contributed by atoms with E-state index in [9.17, 15) is 4.79 Å². The molecule has 15 heavy (non-hydrogen) atoms. The number of carboxylic acid groups (broad SMARTS) is 1. The number of rotatable bonds is 3. The van der Waals surface area contributed by atoms with Gasteiger partial charge in [0.2, 0.25) is 0 Å². The number of likely N-dealkylation sites (tertiary alicyclic amines) is 1. The van der Waals surface area contributed by atoms with Crippen LogP contribution in [0.1, 0.15) is 28.9 Å². The Kier molecular flexibility index (Phi) is 2.97. The van der Waals surface area contributed by atoms with Gasteiger partial charge in [0.1, 0.15) is 0 Å². The molecule has 0 unspecified atom stereocenters. The lowest BCUT2D eigenvalue weighted by Gasteiger charge is -2.14. The fraction of sp³-hybridized carbons (Fsp3) is 0.455. The summed E-state index contributed by atoms with van der Waals surface area (Å²) in [7, 11) is 0. The van der Waals surface area contributed by atoms with Gasteiger partial charge >= 0.3 is 5.97 Å². The van der Waals surface area contributed by atoms with Gasteiger partial charge in [0.25, 0.3) is 0 Å². The van der Waals surface area contributed by atoms with E-state index < -0.39 is 5.97 Å². The molecule has 0 aliphatic carbocycles. The highest BCUT2D eigenvalue weighted by molar-refractivity contribution is 5.88. The number of carbonyl (C=O) groups is 1. The van der Waals surface area contributed by atoms with Crippen LogP contribution in [-0.4, -0.2) is 34.0 Å². The Morgan fingerprint density at radius 2 is 2.20 bits per heavy atom. The Hall–Kier alpha value is -1.42. The van der Waals surface area contributed by atoms with Crippen molar-refractivity contribution in [2.45, 2.75) is 19.4 Å². The molecule has 1 N–H and O–H groups in total. The predicted octanol–water partition coefficient (Wildman–Crippen LogP) is 1.38. The fourth-order valence-electron chi connectivity index (χ4n) is 1.91. The molecule has 1 aliphatic heterocycles. The molecular weight excluding hydrogens is 192 g/mol. The van der Waals surface area contributed by atoms with Crippen LogP contribution in [0.2, 0.25) is 0 Å². The van der Waals surface area contributed by atoms with Gasteiger partial charge in [-0.15, -0.1) is 0 Å². The van der Waals surface area contributed by atoms with Crippen molar-refractivity contribution in [2.75, 3.05) is 13.1 Å². The average Bonchev–Trinajstić information content (AvgIpc) is 2.71. The van der Waals surface area contributed by atoms with Gasteiger partial charge in [-0.2, -0.15) is 0 Å². The molecule has 2 rings (SSSR count).